The van der Waals surface area contributed by atoms with Crippen molar-refractivity contribution in [3.8, 4) is 0 Å². The van der Waals surface area contributed by atoms with Crippen molar-refractivity contribution < 1.29 is 4.79 Å². The summed E-state index contributed by atoms with van der Waals surface area (Å²) in [6.07, 6.45) is 5.21. The van der Waals surface area contributed by atoms with Gasteiger partial charge in [-0.3, -0.25) is 9.89 Å². The Morgan fingerprint density at radius 3 is 2.94 bits per heavy atom. The van der Waals surface area contributed by atoms with Crippen LogP contribution in [-0.4, -0.2) is 33.0 Å². The molecule has 2 aromatic heterocycles. The quantitative estimate of drug-likeness (QED) is 0.901. The molecule has 0 bridgehead atoms. The Kier molecular flexibility index (Phi) is 3.09. The number of aromatic nitrogens is 3. The second-order valence-corrected chi connectivity index (χ2v) is 4.42. The van der Waals surface area contributed by atoms with Crippen LogP contribution in [0.1, 0.15) is 16.1 Å². The third-order valence-corrected chi connectivity index (χ3v) is 2.66. The van der Waals surface area contributed by atoms with Gasteiger partial charge in [-0.2, -0.15) is 5.10 Å². The molecule has 0 spiro atoms. The zero-order valence-corrected chi connectivity index (χ0v) is 10.3. The summed E-state index contributed by atoms with van der Waals surface area (Å²) < 4.78 is 0.868. The van der Waals surface area contributed by atoms with Crippen LogP contribution in [0.15, 0.2) is 29.1 Å². The molecule has 0 atom stereocenters. The Labute approximate surface area is 101 Å². The molecule has 0 aliphatic rings. The average Bonchev–Trinajstić information content (AvgIpc) is 2.88. The molecule has 2 rings (SSSR count). The van der Waals surface area contributed by atoms with E-state index in [9.17, 15) is 4.79 Å². The molecule has 84 valence electrons. The molecular weight excluding hydrogens is 272 g/mol. The highest BCUT2D eigenvalue weighted by atomic mass is 79.9. The summed E-state index contributed by atoms with van der Waals surface area (Å²) >= 11 is 3.29. The minimum Gasteiger partial charge on any atom is -0.356 e. The molecule has 0 unspecified atom stereocenters. The minimum atomic E-state index is -0.0492. The van der Waals surface area contributed by atoms with Crippen molar-refractivity contribution in [2.75, 3.05) is 7.05 Å². The van der Waals surface area contributed by atoms with Gasteiger partial charge in [0.25, 0.3) is 5.91 Å². The van der Waals surface area contributed by atoms with Gasteiger partial charge in [0.1, 0.15) is 5.69 Å². The lowest BCUT2D eigenvalue weighted by Gasteiger charge is -2.14. The number of amides is 1. The number of halogens is 1. The van der Waals surface area contributed by atoms with Gasteiger partial charge in [0, 0.05) is 36.0 Å². The molecule has 0 saturated carbocycles. The van der Waals surface area contributed by atoms with Crippen molar-refractivity contribution in [3.63, 3.8) is 0 Å². The largest absolute Gasteiger partial charge is 0.356 e. The van der Waals surface area contributed by atoms with Crippen molar-refractivity contribution >= 4 is 21.8 Å². The predicted molar refractivity (Wildman–Crippen MR) is 62.9 cm³/mol. The van der Waals surface area contributed by atoms with Crippen molar-refractivity contribution in [3.05, 3.63) is 40.4 Å². The van der Waals surface area contributed by atoms with E-state index in [1.165, 1.54) is 0 Å². The van der Waals surface area contributed by atoms with Gasteiger partial charge in [0.05, 0.1) is 6.20 Å². The lowest BCUT2D eigenvalue weighted by atomic mass is 10.3. The van der Waals surface area contributed by atoms with Crippen LogP contribution in [0.2, 0.25) is 0 Å². The highest BCUT2D eigenvalue weighted by Gasteiger charge is 2.13. The molecule has 6 heteroatoms. The number of nitrogens with one attached hydrogen (secondary N) is 2. The molecule has 5 nitrogen and oxygen atoms in total. The summed E-state index contributed by atoms with van der Waals surface area (Å²) in [6, 6.07) is 1.76. The molecule has 0 aliphatic carbocycles. The van der Waals surface area contributed by atoms with Gasteiger partial charge >= 0.3 is 0 Å². The molecule has 2 aromatic rings. The number of nitrogens with zero attached hydrogens (tertiary/aromatic N) is 2. The van der Waals surface area contributed by atoms with E-state index in [4.69, 9.17) is 0 Å². The minimum absolute atomic E-state index is 0.0492. The highest BCUT2D eigenvalue weighted by molar-refractivity contribution is 9.10. The number of aromatic amines is 2. The first-order valence-electron chi connectivity index (χ1n) is 4.74. The van der Waals surface area contributed by atoms with E-state index in [1.807, 2.05) is 0 Å². The Bertz CT molecular complexity index is 477. The maximum atomic E-state index is 11.9. The third kappa shape index (κ3) is 2.33. The zero-order chi connectivity index (χ0) is 11.5. The van der Waals surface area contributed by atoms with Crippen LogP contribution in [0.3, 0.4) is 0 Å². The Hall–Kier alpha value is -1.56. The first-order chi connectivity index (χ1) is 7.66. The van der Waals surface area contributed by atoms with Crippen molar-refractivity contribution in [2.45, 2.75) is 6.54 Å². The maximum absolute atomic E-state index is 11.9. The van der Waals surface area contributed by atoms with Crippen molar-refractivity contribution in [1.29, 1.82) is 0 Å². The molecule has 2 heterocycles. The van der Waals surface area contributed by atoms with Crippen LogP contribution in [0.25, 0.3) is 0 Å². The molecule has 2 N–H and O–H groups in total. The summed E-state index contributed by atoms with van der Waals surface area (Å²) in [4.78, 5) is 16.5. The monoisotopic (exact) mass is 282 g/mol. The highest BCUT2D eigenvalue weighted by Crippen LogP contribution is 2.12. The van der Waals surface area contributed by atoms with E-state index < -0.39 is 0 Å². The molecular formula is C10H11BrN4O. The van der Waals surface area contributed by atoms with Gasteiger partial charge in [-0.1, -0.05) is 0 Å². The van der Waals surface area contributed by atoms with Crippen molar-refractivity contribution in [2.24, 2.45) is 0 Å². The molecule has 0 saturated heterocycles. The Balaban J connectivity index is 2.05. The molecule has 16 heavy (non-hydrogen) atoms. The molecule has 0 radical (unpaired) electrons. The van der Waals surface area contributed by atoms with E-state index in [-0.39, 0.29) is 5.91 Å². The van der Waals surface area contributed by atoms with E-state index in [0.717, 1.165) is 10.0 Å². The van der Waals surface area contributed by atoms with E-state index in [1.54, 1.807) is 36.6 Å². The van der Waals surface area contributed by atoms with Crippen LogP contribution in [0, 0.1) is 0 Å². The Morgan fingerprint density at radius 1 is 1.56 bits per heavy atom. The predicted octanol–water partition coefficient (Wildman–Crippen LogP) is 1.77. The fourth-order valence-electron chi connectivity index (χ4n) is 1.41. The van der Waals surface area contributed by atoms with E-state index in [2.05, 4.69) is 31.1 Å². The third-order valence-electron chi connectivity index (χ3n) is 2.20. The topological polar surface area (TPSA) is 64.8 Å². The van der Waals surface area contributed by atoms with Crippen LogP contribution < -0.4 is 0 Å². The summed E-state index contributed by atoms with van der Waals surface area (Å²) in [5, 5.41) is 6.55. The molecule has 0 aromatic carbocycles. The van der Waals surface area contributed by atoms with Gasteiger partial charge in [-0.15, -0.1) is 0 Å². The van der Waals surface area contributed by atoms with Gasteiger partial charge in [0.2, 0.25) is 0 Å². The smallest absolute Gasteiger partial charge is 0.270 e. The van der Waals surface area contributed by atoms with Crippen LogP contribution >= 0.6 is 15.9 Å². The number of carbonyl (C=O) groups excluding carboxylic acids is 1. The first-order valence-corrected chi connectivity index (χ1v) is 5.53. The van der Waals surface area contributed by atoms with Crippen LogP contribution in [0.4, 0.5) is 0 Å². The fraction of sp³-hybridized carbons (Fsp3) is 0.200. The average molecular weight is 283 g/mol. The molecule has 1 amide bonds. The number of H-pyrrole nitrogens is 2. The maximum Gasteiger partial charge on any atom is 0.270 e. The number of hydrogen-bond acceptors (Lipinski definition) is 2. The van der Waals surface area contributed by atoms with Crippen LogP contribution in [-0.2, 0) is 6.54 Å². The van der Waals surface area contributed by atoms with Gasteiger partial charge in [-0.25, -0.2) is 0 Å². The normalized spacial score (nSPS) is 10.4. The zero-order valence-electron chi connectivity index (χ0n) is 8.70. The van der Waals surface area contributed by atoms with Crippen LogP contribution in [0.5, 0.6) is 0 Å². The lowest BCUT2D eigenvalue weighted by Crippen LogP contribution is -2.26. The van der Waals surface area contributed by atoms with E-state index in [0.29, 0.717) is 12.2 Å². The van der Waals surface area contributed by atoms with Crippen molar-refractivity contribution in [1.82, 2.24) is 20.1 Å². The number of hydrogen-bond donors (Lipinski definition) is 2. The SMILES string of the molecule is CN(Cc1cn[nH]c1)C(=O)c1cc(Br)c[nH]1. The number of rotatable bonds is 3. The first kappa shape index (κ1) is 10.9. The second kappa shape index (κ2) is 4.52. The van der Waals surface area contributed by atoms with Gasteiger partial charge in [-0.05, 0) is 22.0 Å². The number of carbonyl (C=O) groups is 1. The summed E-state index contributed by atoms with van der Waals surface area (Å²) in [6.45, 7) is 0.534. The van der Waals surface area contributed by atoms with E-state index >= 15 is 0 Å². The Morgan fingerprint density at radius 2 is 2.38 bits per heavy atom. The summed E-state index contributed by atoms with van der Waals surface area (Å²) in [7, 11) is 1.75. The lowest BCUT2D eigenvalue weighted by molar-refractivity contribution is 0.0780. The van der Waals surface area contributed by atoms with Gasteiger partial charge in [0.15, 0.2) is 0 Å². The summed E-state index contributed by atoms with van der Waals surface area (Å²) in [5.74, 6) is -0.0492. The van der Waals surface area contributed by atoms with Gasteiger partial charge < -0.3 is 9.88 Å². The molecule has 0 fully saturated rings. The second-order valence-electron chi connectivity index (χ2n) is 3.50. The summed E-state index contributed by atoms with van der Waals surface area (Å²) in [5.41, 5.74) is 1.54. The standard InChI is InChI=1S/C10H11BrN4O/c1-15(6-7-3-13-14-4-7)10(16)9-2-8(11)5-12-9/h2-5,12H,6H2,1H3,(H,13,14). The molecule has 0 aliphatic heterocycles. The fourth-order valence-corrected chi connectivity index (χ4v) is 1.75.